The van der Waals surface area contributed by atoms with E-state index < -0.39 is 0 Å². The molecule has 32 heavy (non-hydrogen) atoms. The van der Waals surface area contributed by atoms with Crippen LogP contribution in [0.15, 0.2) is 37.1 Å². The highest BCUT2D eigenvalue weighted by molar-refractivity contribution is 5.93. The Balaban J connectivity index is 1.41. The third-order valence-corrected chi connectivity index (χ3v) is 6.15. The summed E-state index contributed by atoms with van der Waals surface area (Å²) < 4.78 is 14.2. The van der Waals surface area contributed by atoms with Crippen LogP contribution in [0.5, 0.6) is 5.88 Å². The number of nitrogens with zero attached hydrogens (tertiary/aromatic N) is 5. The fourth-order valence-corrected chi connectivity index (χ4v) is 4.50. The minimum atomic E-state index is -0.135. The number of hydrogen-bond acceptors (Lipinski definition) is 7. The molecule has 9 nitrogen and oxygen atoms in total. The largest absolute Gasteiger partial charge is 0.474 e. The van der Waals surface area contributed by atoms with Gasteiger partial charge >= 0.3 is 0 Å². The number of carbonyl (C=O) groups excluding carboxylic acids is 1. The van der Waals surface area contributed by atoms with Crippen molar-refractivity contribution in [3.8, 4) is 5.88 Å². The number of fused-ring (bicyclic) bond motifs is 1. The molecular formula is C23H28N6O3. The van der Waals surface area contributed by atoms with Crippen LogP contribution in [-0.4, -0.2) is 57.8 Å². The molecular weight excluding hydrogens is 408 g/mol. The summed E-state index contributed by atoms with van der Waals surface area (Å²) in [6.45, 7) is 4.43. The molecule has 0 unspecified atom stereocenters. The van der Waals surface area contributed by atoms with Gasteiger partial charge < -0.3 is 24.3 Å². The average Bonchev–Trinajstić information content (AvgIpc) is 3.35. The Morgan fingerprint density at radius 1 is 1.19 bits per heavy atom. The number of hydrogen-bond donors (Lipinski definition) is 1. The Bertz CT molecular complexity index is 1070. The van der Waals surface area contributed by atoms with Crippen molar-refractivity contribution in [1.29, 1.82) is 0 Å². The van der Waals surface area contributed by atoms with E-state index in [4.69, 9.17) is 14.5 Å². The van der Waals surface area contributed by atoms with E-state index in [1.54, 1.807) is 6.20 Å². The number of carbonyl (C=O) groups is 1. The Hall–Kier alpha value is -3.20. The summed E-state index contributed by atoms with van der Waals surface area (Å²) in [5, 5.41) is 3.62. The number of pyridine rings is 2. The third kappa shape index (κ3) is 4.52. The van der Waals surface area contributed by atoms with Gasteiger partial charge in [-0.1, -0.05) is 0 Å². The van der Waals surface area contributed by atoms with Gasteiger partial charge in [0, 0.05) is 44.5 Å². The lowest BCUT2D eigenvalue weighted by atomic mass is 9.93. The molecule has 9 heteroatoms. The highest BCUT2D eigenvalue weighted by Crippen LogP contribution is 2.34. The number of aromatic nitrogens is 4. The second-order valence-corrected chi connectivity index (χ2v) is 8.42. The number of nitrogens with one attached hydrogen (secondary N) is 1. The second kappa shape index (κ2) is 9.12. The number of rotatable bonds is 5. The van der Waals surface area contributed by atoms with Crippen LogP contribution in [0.1, 0.15) is 38.6 Å². The Morgan fingerprint density at radius 2 is 2.00 bits per heavy atom. The second-order valence-electron chi connectivity index (χ2n) is 8.42. The normalized spacial score (nSPS) is 21.5. The van der Waals surface area contributed by atoms with Gasteiger partial charge in [-0.3, -0.25) is 9.78 Å². The molecule has 1 saturated heterocycles. The predicted molar refractivity (Wildman–Crippen MR) is 121 cm³/mol. The fourth-order valence-electron chi connectivity index (χ4n) is 4.50. The molecule has 4 heterocycles. The first kappa shape index (κ1) is 20.7. The molecule has 0 aromatic carbocycles. The highest BCUT2D eigenvalue weighted by Gasteiger charge is 2.25. The van der Waals surface area contributed by atoms with E-state index in [1.165, 1.54) is 6.92 Å². The first-order valence-corrected chi connectivity index (χ1v) is 11.2. The van der Waals surface area contributed by atoms with E-state index in [2.05, 4.69) is 24.8 Å². The molecule has 1 aliphatic carbocycles. The first-order valence-electron chi connectivity index (χ1n) is 11.2. The zero-order chi connectivity index (χ0) is 21.9. The summed E-state index contributed by atoms with van der Waals surface area (Å²) in [7, 11) is 0. The molecule has 1 aliphatic heterocycles. The molecule has 5 rings (SSSR count). The van der Waals surface area contributed by atoms with E-state index in [0.717, 1.165) is 55.5 Å². The maximum Gasteiger partial charge on any atom is 0.225 e. The molecule has 2 aliphatic rings. The van der Waals surface area contributed by atoms with Crippen molar-refractivity contribution >= 4 is 28.3 Å². The molecule has 1 N–H and O–H groups in total. The van der Waals surface area contributed by atoms with Gasteiger partial charge in [0.05, 0.1) is 42.3 Å². The van der Waals surface area contributed by atoms with Gasteiger partial charge in [0.1, 0.15) is 11.9 Å². The van der Waals surface area contributed by atoms with Crippen LogP contribution in [0.2, 0.25) is 0 Å². The van der Waals surface area contributed by atoms with Crippen LogP contribution < -0.4 is 15.0 Å². The van der Waals surface area contributed by atoms with Gasteiger partial charge in [-0.15, -0.1) is 0 Å². The summed E-state index contributed by atoms with van der Waals surface area (Å²) in [6.07, 6.45) is 11.5. The van der Waals surface area contributed by atoms with Crippen molar-refractivity contribution in [1.82, 2.24) is 19.5 Å². The van der Waals surface area contributed by atoms with Crippen LogP contribution >= 0.6 is 0 Å². The van der Waals surface area contributed by atoms with Crippen LogP contribution in [0.4, 0.5) is 11.5 Å². The quantitative estimate of drug-likeness (QED) is 0.656. The van der Waals surface area contributed by atoms with Crippen LogP contribution in [0.25, 0.3) is 10.9 Å². The van der Waals surface area contributed by atoms with E-state index in [0.29, 0.717) is 30.8 Å². The monoisotopic (exact) mass is 436 g/mol. The molecule has 2 fully saturated rings. The standard InChI is InChI=1S/C23H28N6O3/c1-16(30)26-17-12-20-21(25-14-17)13-22(28-8-10-31-11-9-28)27-23(20)32-19-4-2-18(3-5-19)29-7-6-24-15-29/h6-7,12-15,18-19H,2-5,8-11H2,1H3,(H,26,30). The number of anilines is 2. The summed E-state index contributed by atoms with van der Waals surface area (Å²) in [4.78, 5) is 27.4. The number of imidazole rings is 1. The van der Waals surface area contributed by atoms with Crippen LogP contribution in [0, 0.1) is 0 Å². The first-order chi connectivity index (χ1) is 15.7. The number of morpholine rings is 1. The van der Waals surface area contributed by atoms with E-state index in [-0.39, 0.29) is 12.0 Å². The highest BCUT2D eigenvalue weighted by atomic mass is 16.5. The van der Waals surface area contributed by atoms with Crippen molar-refractivity contribution in [3.05, 3.63) is 37.1 Å². The summed E-state index contributed by atoms with van der Waals surface area (Å²) in [5.41, 5.74) is 1.44. The minimum Gasteiger partial charge on any atom is -0.474 e. The topological polar surface area (TPSA) is 94.4 Å². The molecule has 3 aromatic heterocycles. The Labute approximate surface area is 186 Å². The summed E-state index contributed by atoms with van der Waals surface area (Å²) in [6, 6.07) is 4.35. The molecule has 168 valence electrons. The van der Waals surface area contributed by atoms with Crippen molar-refractivity contribution in [2.45, 2.75) is 44.8 Å². The molecule has 1 saturated carbocycles. The van der Waals surface area contributed by atoms with Gasteiger partial charge in [0.2, 0.25) is 11.8 Å². The smallest absolute Gasteiger partial charge is 0.225 e. The Morgan fingerprint density at radius 3 is 2.72 bits per heavy atom. The van der Waals surface area contributed by atoms with Crippen molar-refractivity contribution in [3.63, 3.8) is 0 Å². The van der Waals surface area contributed by atoms with Crippen molar-refractivity contribution in [2.75, 3.05) is 36.5 Å². The average molecular weight is 437 g/mol. The lowest BCUT2D eigenvalue weighted by molar-refractivity contribution is -0.114. The lowest BCUT2D eigenvalue weighted by Gasteiger charge is -2.31. The number of amides is 1. The van der Waals surface area contributed by atoms with Crippen LogP contribution in [0.3, 0.4) is 0 Å². The van der Waals surface area contributed by atoms with E-state index >= 15 is 0 Å². The van der Waals surface area contributed by atoms with Gasteiger partial charge in [-0.25, -0.2) is 4.98 Å². The Kier molecular flexibility index (Phi) is 5.89. The fraction of sp³-hybridized carbons (Fsp3) is 0.478. The third-order valence-electron chi connectivity index (χ3n) is 6.15. The molecule has 0 atom stereocenters. The molecule has 0 spiro atoms. The van der Waals surface area contributed by atoms with Gasteiger partial charge in [0.25, 0.3) is 0 Å². The zero-order valence-corrected chi connectivity index (χ0v) is 18.2. The maximum absolute atomic E-state index is 11.5. The zero-order valence-electron chi connectivity index (χ0n) is 18.2. The predicted octanol–water partition coefficient (Wildman–Crippen LogP) is 3.18. The SMILES string of the molecule is CC(=O)Nc1cnc2cc(N3CCOCC3)nc(OC3CCC(n4ccnc4)CC3)c2c1. The van der Waals surface area contributed by atoms with E-state index in [1.807, 2.05) is 30.9 Å². The van der Waals surface area contributed by atoms with Crippen LogP contribution in [-0.2, 0) is 9.53 Å². The van der Waals surface area contributed by atoms with Gasteiger partial charge in [-0.05, 0) is 31.7 Å². The molecule has 0 radical (unpaired) electrons. The lowest BCUT2D eigenvalue weighted by Crippen LogP contribution is -2.36. The molecule has 1 amide bonds. The maximum atomic E-state index is 11.5. The summed E-state index contributed by atoms with van der Waals surface area (Å²) in [5.74, 6) is 1.29. The van der Waals surface area contributed by atoms with Gasteiger partial charge in [-0.2, -0.15) is 4.98 Å². The van der Waals surface area contributed by atoms with E-state index in [9.17, 15) is 4.79 Å². The molecule has 3 aromatic rings. The molecule has 0 bridgehead atoms. The van der Waals surface area contributed by atoms with Crippen molar-refractivity contribution < 1.29 is 14.3 Å². The minimum absolute atomic E-state index is 0.0924. The van der Waals surface area contributed by atoms with Gasteiger partial charge in [0.15, 0.2) is 0 Å². The number of ether oxygens (including phenoxy) is 2. The van der Waals surface area contributed by atoms with Crippen molar-refractivity contribution in [2.24, 2.45) is 0 Å². The summed E-state index contributed by atoms with van der Waals surface area (Å²) >= 11 is 0.